The van der Waals surface area contributed by atoms with Gasteiger partial charge in [0.2, 0.25) is 5.13 Å². The number of aromatic nitrogens is 2. The number of amides is 2. The van der Waals surface area contributed by atoms with Crippen molar-refractivity contribution in [3.8, 4) is 0 Å². The number of urea groups is 1. The summed E-state index contributed by atoms with van der Waals surface area (Å²) in [6, 6.07) is -0.123. The zero-order valence-corrected chi connectivity index (χ0v) is 12.4. The van der Waals surface area contributed by atoms with Crippen LogP contribution in [-0.4, -0.2) is 46.9 Å². The Bertz CT molecular complexity index is 435. The van der Waals surface area contributed by atoms with Crippen molar-refractivity contribution in [3.05, 3.63) is 5.01 Å². The number of carbonyl (C=O) groups is 1. The van der Waals surface area contributed by atoms with Gasteiger partial charge in [-0.2, -0.15) is 0 Å². The fraction of sp³-hybridized carbons (Fsp3) is 0.750. The molecule has 2 rings (SSSR count). The van der Waals surface area contributed by atoms with Gasteiger partial charge in [-0.25, -0.2) is 4.79 Å². The summed E-state index contributed by atoms with van der Waals surface area (Å²) in [7, 11) is 0. The van der Waals surface area contributed by atoms with Crippen LogP contribution in [0.15, 0.2) is 0 Å². The van der Waals surface area contributed by atoms with Gasteiger partial charge in [0.05, 0.1) is 12.7 Å². The summed E-state index contributed by atoms with van der Waals surface area (Å²) in [6.45, 7) is 8.05. The Kier molecular flexibility index (Phi) is 4.71. The molecule has 6 nitrogen and oxygen atoms in total. The molecule has 1 aromatic rings. The van der Waals surface area contributed by atoms with E-state index in [1.807, 2.05) is 6.92 Å². The molecule has 0 saturated carbocycles. The summed E-state index contributed by atoms with van der Waals surface area (Å²) in [4.78, 5) is 13.8. The highest BCUT2D eigenvalue weighted by atomic mass is 32.1. The second kappa shape index (κ2) is 6.29. The predicted octanol–water partition coefficient (Wildman–Crippen LogP) is 1.99. The molecule has 0 radical (unpaired) electrons. The molecule has 1 aromatic heterocycles. The van der Waals surface area contributed by atoms with Crippen LogP contribution in [0.4, 0.5) is 9.93 Å². The first kappa shape index (κ1) is 14.2. The van der Waals surface area contributed by atoms with E-state index < -0.39 is 0 Å². The molecular weight excluding hydrogens is 264 g/mol. The number of rotatable bonds is 3. The fourth-order valence-electron chi connectivity index (χ4n) is 1.91. The van der Waals surface area contributed by atoms with E-state index in [-0.39, 0.29) is 12.1 Å². The highest BCUT2D eigenvalue weighted by Gasteiger charge is 2.22. The fourth-order valence-corrected chi connectivity index (χ4v) is 2.85. The third kappa shape index (κ3) is 4.14. The number of hydrogen-bond acceptors (Lipinski definition) is 5. The molecule has 1 fully saturated rings. The third-order valence-corrected chi connectivity index (χ3v) is 3.65. The summed E-state index contributed by atoms with van der Waals surface area (Å²) in [5, 5.41) is 12.4. The molecule has 0 aliphatic carbocycles. The molecule has 0 bridgehead atoms. The maximum atomic E-state index is 12.0. The molecule has 0 aromatic carbocycles. The lowest BCUT2D eigenvalue weighted by molar-refractivity contribution is -0.00138. The van der Waals surface area contributed by atoms with Crippen molar-refractivity contribution < 1.29 is 9.53 Å². The molecule has 2 heterocycles. The zero-order valence-electron chi connectivity index (χ0n) is 11.5. The summed E-state index contributed by atoms with van der Waals surface area (Å²) in [6.07, 6.45) is 0.979. The predicted molar refractivity (Wildman–Crippen MR) is 74.5 cm³/mol. The standard InChI is InChI=1S/C12H20N4O2S/c1-8(2)6-10-14-15-11(19-10)13-12(17)16-4-5-18-9(3)7-16/h8-9H,4-7H2,1-3H3,(H,13,15,17). The van der Waals surface area contributed by atoms with Crippen LogP contribution in [0.5, 0.6) is 0 Å². The second-order valence-electron chi connectivity index (χ2n) is 5.16. The van der Waals surface area contributed by atoms with Crippen LogP contribution in [-0.2, 0) is 11.2 Å². The van der Waals surface area contributed by atoms with Crippen molar-refractivity contribution in [2.75, 3.05) is 25.0 Å². The molecule has 1 atom stereocenters. The van der Waals surface area contributed by atoms with Crippen LogP contribution in [0.3, 0.4) is 0 Å². The third-order valence-electron chi connectivity index (χ3n) is 2.79. The van der Waals surface area contributed by atoms with Gasteiger partial charge in [-0.05, 0) is 12.8 Å². The molecule has 1 N–H and O–H groups in total. The Morgan fingerprint density at radius 2 is 2.37 bits per heavy atom. The second-order valence-corrected chi connectivity index (χ2v) is 6.22. The van der Waals surface area contributed by atoms with Crippen molar-refractivity contribution >= 4 is 22.5 Å². The van der Waals surface area contributed by atoms with Gasteiger partial charge in [0.25, 0.3) is 0 Å². The van der Waals surface area contributed by atoms with Gasteiger partial charge in [0, 0.05) is 19.5 Å². The lowest BCUT2D eigenvalue weighted by Crippen LogP contribution is -2.46. The monoisotopic (exact) mass is 284 g/mol. The highest BCUT2D eigenvalue weighted by Crippen LogP contribution is 2.19. The van der Waals surface area contributed by atoms with Gasteiger partial charge in [-0.1, -0.05) is 25.2 Å². The van der Waals surface area contributed by atoms with Crippen molar-refractivity contribution in [2.24, 2.45) is 5.92 Å². The number of nitrogens with zero attached hydrogens (tertiary/aromatic N) is 3. The van der Waals surface area contributed by atoms with Gasteiger partial charge >= 0.3 is 6.03 Å². The minimum Gasteiger partial charge on any atom is -0.375 e. The van der Waals surface area contributed by atoms with Gasteiger partial charge < -0.3 is 9.64 Å². The first-order valence-corrected chi connectivity index (χ1v) is 7.36. The Morgan fingerprint density at radius 1 is 1.58 bits per heavy atom. The van der Waals surface area contributed by atoms with Crippen LogP contribution in [0.2, 0.25) is 0 Å². The number of hydrogen-bond donors (Lipinski definition) is 1. The Hall–Kier alpha value is -1.21. The molecule has 1 aliphatic heterocycles. The molecule has 106 valence electrons. The Morgan fingerprint density at radius 3 is 3.05 bits per heavy atom. The maximum absolute atomic E-state index is 12.0. The number of ether oxygens (including phenoxy) is 1. The molecule has 0 spiro atoms. The summed E-state index contributed by atoms with van der Waals surface area (Å²) >= 11 is 1.44. The van der Waals surface area contributed by atoms with Crippen LogP contribution in [0.25, 0.3) is 0 Å². The van der Waals surface area contributed by atoms with Crippen LogP contribution < -0.4 is 5.32 Å². The average Bonchev–Trinajstić information content (AvgIpc) is 2.75. The largest absolute Gasteiger partial charge is 0.375 e. The lowest BCUT2D eigenvalue weighted by atomic mass is 10.1. The first-order chi connectivity index (χ1) is 9.04. The molecule has 1 saturated heterocycles. The quantitative estimate of drug-likeness (QED) is 0.921. The molecular formula is C12H20N4O2S. The first-order valence-electron chi connectivity index (χ1n) is 6.54. The molecule has 1 aliphatic rings. The van der Waals surface area contributed by atoms with Crippen molar-refractivity contribution in [1.82, 2.24) is 15.1 Å². The van der Waals surface area contributed by atoms with E-state index in [1.54, 1.807) is 4.90 Å². The Labute approximate surface area is 117 Å². The average molecular weight is 284 g/mol. The van der Waals surface area contributed by atoms with E-state index in [0.29, 0.717) is 30.7 Å². The zero-order chi connectivity index (χ0) is 13.8. The maximum Gasteiger partial charge on any atom is 0.323 e. The summed E-state index contributed by atoms with van der Waals surface area (Å²) in [5.41, 5.74) is 0. The van der Waals surface area contributed by atoms with E-state index in [9.17, 15) is 4.79 Å². The van der Waals surface area contributed by atoms with Gasteiger partial charge in [0.15, 0.2) is 0 Å². The summed E-state index contributed by atoms with van der Waals surface area (Å²) < 4.78 is 5.41. The number of morpholine rings is 1. The number of nitrogens with one attached hydrogen (secondary N) is 1. The van der Waals surface area contributed by atoms with Crippen LogP contribution in [0, 0.1) is 5.92 Å². The minimum atomic E-state index is -0.123. The van der Waals surface area contributed by atoms with Gasteiger partial charge in [0.1, 0.15) is 5.01 Å². The number of carbonyl (C=O) groups excluding carboxylic acids is 1. The van der Waals surface area contributed by atoms with E-state index >= 15 is 0 Å². The van der Waals surface area contributed by atoms with Crippen molar-refractivity contribution in [3.63, 3.8) is 0 Å². The molecule has 19 heavy (non-hydrogen) atoms. The van der Waals surface area contributed by atoms with Crippen LogP contribution >= 0.6 is 11.3 Å². The van der Waals surface area contributed by atoms with Crippen LogP contribution in [0.1, 0.15) is 25.8 Å². The van der Waals surface area contributed by atoms with E-state index in [4.69, 9.17) is 4.74 Å². The normalized spacial score (nSPS) is 19.8. The van der Waals surface area contributed by atoms with Crippen molar-refractivity contribution in [2.45, 2.75) is 33.3 Å². The Balaban J connectivity index is 1.89. The topological polar surface area (TPSA) is 67.4 Å². The van der Waals surface area contributed by atoms with Crippen molar-refractivity contribution in [1.29, 1.82) is 0 Å². The lowest BCUT2D eigenvalue weighted by Gasteiger charge is -2.30. The van der Waals surface area contributed by atoms with E-state index in [1.165, 1.54) is 11.3 Å². The van der Waals surface area contributed by atoms with Gasteiger partial charge in [-0.15, -0.1) is 10.2 Å². The number of anilines is 1. The molecule has 1 unspecified atom stereocenters. The van der Waals surface area contributed by atoms with E-state index in [0.717, 1.165) is 11.4 Å². The summed E-state index contributed by atoms with van der Waals surface area (Å²) in [5.74, 6) is 0.539. The highest BCUT2D eigenvalue weighted by molar-refractivity contribution is 7.15. The SMILES string of the molecule is CC(C)Cc1nnc(NC(=O)N2CCOC(C)C2)s1. The smallest absolute Gasteiger partial charge is 0.323 e. The molecule has 2 amide bonds. The minimum absolute atomic E-state index is 0.0884. The van der Waals surface area contributed by atoms with Gasteiger partial charge in [-0.3, -0.25) is 5.32 Å². The molecule has 7 heteroatoms. The van der Waals surface area contributed by atoms with E-state index in [2.05, 4.69) is 29.4 Å².